The van der Waals surface area contributed by atoms with E-state index < -0.39 is 9.84 Å². The van der Waals surface area contributed by atoms with Gasteiger partial charge in [0.25, 0.3) is 0 Å². The number of hydrogen-bond acceptors (Lipinski definition) is 4. The molecular weight excluding hydrogens is 284 g/mol. The molecule has 1 N–H and O–H groups in total. The summed E-state index contributed by atoms with van der Waals surface area (Å²) in [6, 6.07) is 7.70. The molecule has 0 saturated carbocycles. The molecule has 1 unspecified atom stereocenters. The Hall–Kier alpha value is -1.07. The molecule has 4 nitrogen and oxygen atoms in total. The summed E-state index contributed by atoms with van der Waals surface area (Å²) in [5.41, 5.74) is 0.981. The van der Waals surface area contributed by atoms with Gasteiger partial charge in [0.2, 0.25) is 0 Å². The molecule has 1 aromatic rings. The lowest BCUT2D eigenvalue weighted by molar-refractivity contribution is 0.160. The maximum Gasteiger partial charge on any atom is 0.175 e. The number of nitrogens with zero attached hydrogens (tertiary/aromatic N) is 1. The summed E-state index contributed by atoms with van der Waals surface area (Å²) in [6.07, 6.45) is 6.35. The highest BCUT2D eigenvalue weighted by atomic mass is 32.2. The number of nitrogens with one attached hydrogen (secondary N) is 1. The minimum Gasteiger partial charge on any atom is -0.385 e. The Kier molecular flexibility index (Phi) is 5.65. The molecule has 118 valence electrons. The van der Waals surface area contributed by atoms with Crippen LogP contribution in [0, 0.1) is 0 Å². The summed E-state index contributed by atoms with van der Waals surface area (Å²) >= 11 is 0. The Morgan fingerprint density at radius 2 is 1.95 bits per heavy atom. The van der Waals surface area contributed by atoms with Crippen molar-refractivity contribution in [3.8, 4) is 0 Å². The maximum absolute atomic E-state index is 11.4. The van der Waals surface area contributed by atoms with Gasteiger partial charge in [-0.2, -0.15) is 0 Å². The zero-order valence-corrected chi connectivity index (χ0v) is 13.8. The topological polar surface area (TPSA) is 49.4 Å². The van der Waals surface area contributed by atoms with E-state index in [0.717, 1.165) is 25.2 Å². The Morgan fingerprint density at radius 3 is 2.57 bits per heavy atom. The molecule has 1 aromatic carbocycles. The predicted octanol–water partition coefficient (Wildman–Crippen LogP) is 2.77. The molecule has 2 rings (SSSR count). The van der Waals surface area contributed by atoms with Crippen molar-refractivity contribution in [2.24, 2.45) is 0 Å². The molecule has 0 amide bonds. The van der Waals surface area contributed by atoms with E-state index in [1.807, 2.05) is 12.1 Å². The van der Waals surface area contributed by atoms with Crippen molar-refractivity contribution < 1.29 is 8.42 Å². The van der Waals surface area contributed by atoms with Crippen LogP contribution in [0.2, 0.25) is 0 Å². The number of likely N-dealkylation sites (tertiary alicyclic amines) is 1. The number of hydrogen-bond donors (Lipinski definition) is 1. The monoisotopic (exact) mass is 310 g/mol. The van der Waals surface area contributed by atoms with E-state index in [1.165, 1.54) is 32.1 Å². The second kappa shape index (κ2) is 7.27. The predicted molar refractivity (Wildman–Crippen MR) is 87.5 cm³/mol. The van der Waals surface area contributed by atoms with Crippen molar-refractivity contribution >= 4 is 15.5 Å². The van der Waals surface area contributed by atoms with E-state index in [2.05, 4.69) is 17.1 Å². The van der Waals surface area contributed by atoms with Gasteiger partial charge >= 0.3 is 0 Å². The molecule has 1 saturated heterocycles. The fourth-order valence-corrected chi connectivity index (χ4v) is 3.46. The Bertz CT molecular complexity index is 540. The van der Waals surface area contributed by atoms with Gasteiger partial charge in [0.15, 0.2) is 9.84 Å². The number of anilines is 1. The normalized spacial score (nSPS) is 20.4. The van der Waals surface area contributed by atoms with E-state index in [9.17, 15) is 8.42 Å². The zero-order chi connectivity index (χ0) is 15.3. The molecule has 5 heteroatoms. The van der Waals surface area contributed by atoms with Crippen molar-refractivity contribution in [3.63, 3.8) is 0 Å². The van der Waals surface area contributed by atoms with Crippen LogP contribution in [-0.2, 0) is 9.84 Å². The van der Waals surface area contributed by atoms with Crippen LogP contribution < -0.4 is 5.32 Å². The molecule has 1 aliphatic rings. The van der Waals surface area contributed by atoms with Gasteiger partial charge in [-0.1, -0.05) is 6.42 Å². The van der Waals surface area contributed by atoms with Crippen molar-refractivity contribution in [3.05, 3.63) is 24.3 Å². The first kappa shape index (κ1) is 16.3. The average molecular weight is 310 g/mol. The van der Waals surface area contributed by atoms with Gasteiger partial charge in [0.1, 0.15) is 0 Å². The summed E-state index contributed by atoms with van der Waals surface area (Å²) in [5, 5.41) is 3.36. The Morgan fingerprint density at radius 1 is 1.24 bits per heavy atom. The van der Waals surface area contributed by atoms with Crippen molar-refractivity contribution in [1.29, 1.82) is 0 Å². The van der Waals surface area contributed by atoms with Gasteiger partial charge in [-0.25, -0.2) is 8.42 Å². The molecule has 1 fully saturated rings. The van der Waals surface area contributed by atoms with Crippen LogP contribution in [0.5, 0.6) is 0 Å². The zero-order valence-electron chi connectivity index (χ0n) is 13.0. The smallest absolute Gasteiger partial charge is 0.175 e. The third-order valence-electron chi connectivity index (χ3n) is 4.17. The SMILES string of the molecule is CC1CCCCN1CCCNc1ccc(S(C)(=O)=O)cc1. The summed E-state index contributed by atoms with van der Waals surface area (Å²) in [7, 11) is -3.10. The number of rotatable bonds is 6. The molecule has 1 aliphatic heterocycles. The van der Waals surface area contributed by atoms with Gasteiger partial charge in [0.05, 0.1) is 4.90 Å². The minimum atomic E-state index is -3.10. The third kappa shape index (κ3) is 5.00. The Balaban J connectivity index is 1.73. The third-order valence-corrected chi connectivity index (χ3v) is 5.30. The number of benzene rings is 1. The van der Waals surface area contributed by atoms with Gasteiger partial charge in [-0.15, -0.1) is 0 Å². The molecule has 0 aliphatic carbocycles. The minimum absolute atomic E-state index is 0.371. The number of sulfone groups is 1. The van der Waals surface area contributed by atoms with Crippen LogP contribution >= 0.6 is 0 Å². The summed E-state index contributed by atoms with van der Waals surface area (Å²) in [4.78, 5) is 2.94. The maximum atomic E-state index is 11.4. The average Bonchev–Trinajstić information content (AvgIpc) is 2.45. The van der Waals surface area contributed by atoms with Crippen molar-refractivity contribution in [2.45, 2.75) is 43.5 Å². The highest BCUT2D eigenvalue weighted by Crippen LogP contribution is 2.17. The molecule has 1 heterocycles. The van der Waals surface area contributed by atoms with E-state index in [4.69, 9.17) is 0 Å². The molecule has 21 heavy (non-hydrogen) atoms. The Labute approximate surface area is 128 Å². The lowest BCUT2D eigenvalue weighted by Crippen LogP contribution is -2.38. The fraction of sp³-hybridized carbons (Fsp3) is 0.625. The van der Waals surface area contributed by atoms with Gasteiger partial charge in [-0.3, -0.25) is 0 Å². The van der Waals surface area contributed by atoms with Crippen LogP contribution in [-0.4, -0.2) is 45.2 Å². The first-order valence-electron chi connectivity index (χ1n) is 7.75. The van der Waals surface area contributed by atoms with E-state index >= 15 is 0 Å². The van der Waals surface area contributed by atoms with Crippen LogP contribution in [0.15, 0.2) is 29.2 Å². The molecule has 0 spiro atoms. The van der Waals surface area contributed by atoms with Gasteiger partial charge < -0.3 is 10.2 Å². The quantitative estimate of drug-likeness (QED) is 0.821. The van der Waals surface area contributed by atoms with E-state index in [-0.39, 0.29) is 0 Å². The summed E-state index contributed by atoms with van der Waals surface area (Å²) < 4.78 is 22.8. The highest BCUT2D eigenvalue weighted by molar-refractivity contribution is 7.90. The van der Waals surface area contributed by atoms with Crippen molar-refractivity contribution in [1.82, 2.24) is 4.90 Å². The first-order valence-corrected chi connectivity index (χ1v) is 9.64. The molecule has 0 radical (unpaired) electrons. The van der Waals surface area contributed by atoms with Crippen molar-refractivity contribution in [2.75, 3.05) is 31.2 Å². The molecule has 0 aromatic heterocycles. The van der Waals surface area contributed by atoms with Crippen LogP contribution in [0.4, 0.5) is 5.69 Å². The fourth-order valence-electron chi connectivity index (χ4n) is 2.82. The molecular formula is C16H26N2O2S. The lowest BCUT2D eigenvalue weighted by Gasteiger charge is -2.33. The van der Waals surface area contributed by atoms with Crippen LogP contribution in [0.3, 0.4) is 0 Å². The molecule has 0 bridgehead atoms. The van der Waals surface area contributed by atoms with Crippen LogP contribution in [0.25, 0.3) is 0 Å². The lowest BCUT2D eigenvalue weighted by atomic mass is 10.0. The van der Waals surface area contributed by atoms with E-state index in [0.29, 0.717) is 10.9 Å². The summed E-state index contributed by atoms with van der Waals surface area (Å²) in [5.74, 6) is 0. The van der Waals surface area contributed by atoms with E-state index in [1.54, 1.807) is 12.1 Å². The number of piperidine rings is 1. The largest absolute Gasteiger partial charge is 0.385 e. The van der Waals surface area contributed by atoms with Gasteiger partial charge in [0, 0.05) is 31.1 Å². The summed E-state index contributed by atoms with van der Waals surface area (Å²) in [6.45, 7) is 5.59. The standard InChI is InChI=1S/C16H26N2O2S/c1-14-6-3-4-12-18(14)13-5-11-17-15-7-9-16(10-8-15)21(2,19)20/h7-10,14,17H,3-6,11-13H2,1-2H3. The second-order valence-electron chi connectivity index (χ2n) is 5.96. The first-order chi connectivity index (χ1) is 9.97. The molecule has 1 atom stereocenters. The highest BCUT2D eigenvalue weighted by Gasteiger charge is 2.16. The van der Waals surface area contributed by atoms with Crippen LogP contribution in [0.1, 0.15) is 32.6 Å². The van der Waals surface area contributed by atoms with Gasteiger partial charge in [-0.05, 0) is 57.0 Å². The second-order valence-corrected chi connectivity index (χ2v) is 7.97.